The summed E-state index contributed by atoms with van der Waals surface area (Å²) in [6, 6.07) is 27.8. The molecule has 0 unspecified atom stereocenters. The summed E-state index contributed by atoms with van der Waals surface area (Å²) >= 11 is 3.00. The number of thioether (sulfide) groups is 2. The summed E-state index contributed by atoms with van der Waals surface area (Å²) < 4.78 is 131. The van der Waals surface area contributed by atoms with Gasteiger partial charge < -0.3 is 18.9 Å². The van der Waals surface area contributed by atoms with Gasteiger partial charge in [0.2, 0.25) is 11.6 Å². The van der Waals surface area contributed by atoms with Crippen molar-refractivity contribution in [3.8, 4) is 35.5 Å². The Morgan fingerprint density at radius 2 is 0.925 bits per heavy atom. The Morgan fingerprint density at radius 1 is 0.575 bits per heavy atom. The average molecular weight is 1170 g/mol. The van der Waals surface area contributed by atoms with E-state index in [0.29, 0.717) is 35.3 Å². The fraction of sp³-hybridized carbons (Fsp3) is 0.424. The quantitative estimate of drug-likeness (QED) is 0.0482. The normalized spacial score (nSPS) is 11.8. The molecule has 0 fully saturated rings. The predicted octanol–water partition coefficient (Wildman–Crippen LogP) is 23.1. The number of methoxy groups -OCH3 is 1. The van der Waals surface area contributed by atoms with E-state index in [4.69, 9.17) is 25.4 Å². The number of rotatable bonds is 16. The second-order valence-corrected chi connectivity index (χ2v) is 19.5. The van der Waals surface area contributed by atoms with E-state index < -0.39 is 64.1 Å². The number of benzene rings is 4. The van der Waals surface area contributed by atoms with Gasteiger partial charge >= 0.3 is 0 Å². The molecule has 0 aliphatic carbocycles. The molecule has 4 rings (SSSR count). The third-order valence-electron chi connectivity index (χ3n) is 10.1. The van der Waals surface area contributed by atoms with Crippen molar-refractivity contribution in [1.29, 1.82) is 0 Å². The van der Waals surface area contributed by atoms with Gasteiger partial charge in [0, 0.05) is 28.2 Å². The smallest absolute Gasteiger partial charge is 0.206 e. The molecule has 0 heterocycles. The highest BCUT2D eigenvalue weighted by Gasteiger charge is 2.28. The van der Waals surface area contributed by atoms with E-state index in [0.717, 1.165) is 30.9 Å². The van der Waals surface area contributed by atoms with Gasteiger partial charge in [-0.15, -0.1) is 0 Å². The number of halogens is 8. The van der Waals surface area contributed by atoms with Crippen molar-refractivity contribution in [3.63, 3.8) is 0 Å². The first-order valence-electron chi connectivity index (χ1n) is 26.7. The lowest BCUT2D eigenvalue weighted by molar-refractivity contribution is 0.342. The van der Waals surface area contributed by atoms with Gasteiger partial charge in [-0.05, 0) is 91.3 Å². The molecule has 0 aromatic heterocycles. The average Bonchev–Trinajstić information content (AvgIpc) is 3.46. The molecule has 0 aliphatic heterocycles. The maximum absolute atomic E-state index is 14.4. The van der Waals surface area contributed by atoms with E-state index in [1.807, 2.05) is 134 Å². The van der Waals surface area contributed by atoms with Crippen LogP contribution < -0.4 is 18.9 Å². The summed E-state index contributed by atoms with van der Waals surface area (Å²) in [7, 11) is 1.47. The van der Waals surface area contributed by atoms with Crippen molar-refractivity contribution in [3.05, 3.63) is 189 Å². The zero-order chi connectivity index (χ0) is 62.9. The summed E-state index contributed by atoms with van der Waals surface area (Å²) in [4.78, 5) is 0. The molecule has 448 valence electrons. The minimum atomic E-state index is -2.06. The van der Waals surface area contributed by atoms with Gasteiger partial charge in [-0.1, -0.05) is 197 Å². The third-order valence-corrected chi connectivity index (χ3v) is 11.3. The lowest BCUT2D eigenvalue weighted by Crippen LogP contribution is -2.13. The van der Waals surface area contributed by atoms with Crippen LogP contribution in [0.4, 0.5) is 35.1 Å². The molecule has 80 heavy (non-hydrogen) atoms. The monoisotopic (exact) mass is 1160 g/mol. The van der Waals surface area contributed by atoms with E-state index >= 15 is 0 Å². The Bertz CT molecular complexity index is 2540. The summed E-state index contributed by atoms with van der Waals surface area (Å²) in [5, 5.41) is 0. The number of terminal acetylenes is 1. The molecule has 0 atom stereocenters. The summed E-state index contributed by atoms with van der Waals surface area (Å²) in [5.41, 5.74) is 4.97. The number of hydrogen-bond donors (Lipinski definition) is 0. The van der Waals surface area contributed by atoms with Crippen LogP contribution >= 0.6 is 23.5 Å². The highest BCUT2D eigenvalue weighted by atomic mass is 32.2. The number of aryl methyl sites for hydroxylation is 2. The van der Waals surface area contributed by atoms with Crippen molar-refractivity contribution >= 4 is 23.5 Å². The van der Waals surface area contributed by atoms with Gasteiger partial charge in [0.05, 0.1) is 7.11 Å². The molecule has 0 bridgehead atoms. The largest absolute Gasteiger partial charge is 0.493 e. The number of allylic oxidation sites excluding steroid dienone is 8. The Kier molecular flexibility index (Phi) is 45.3. The molecule has 0 spiro atoms. The maximum atomic E-state index is 14.4. The summed E-state index contributed by atoms with van der Waals surface area (Å²) in [6.45, 7) is 38.1. The molecule has 14 heteroatoms. The molecular weight excluding hydrogens is 1070 g/mol. The van der Waals surface area contributed by atoms with Crippen LogP contribution in [0.2, 0.25) is 0 Å². The topological polar surface area (TPSA) is 36.9 Å². The van der Waals surface area contributed by atoms with E-state index in [2.05, 4.69) is 69.0 Å². The molecule has 4 nitrogen and oxygen atoms in total. The van der Waals surface area contributed by atoms with Crippen molar-refractivity contribution in [1.82, 2.24) is 0 Å². The Labute approximate surface area is 486 Å². The molecule has 0 N–H and O–H groups in total. The SMILES string of the molecule is C#COc1c(CSC)cc(C(C)(C)C)cc1OC(/C(F)=C(\C)F)=C(F)/C(F)=C/F.C=C(F)/C(C)=C(Oc1cc(C(C)(C)C)cc(CSC)c1OC)\C(F)=C(/C)F.CC.CC.CC.CC.CCc1ccccc1.CCc1ccccc1. The van der Waals surface area contributed by atoms with Crippen LogP contribution in [0, 0.1) is 12.5 Å². The van der Waals surface area contributed by atoms with E-state index in [1.54, 1.807) is 23.9 Å². The fourth-order valence-electron chi connectivity index (χ4n) is 5.98. The van der Waals surface area contributed by atoms with Crippen LogP contribution in [0.15, 0.2) is 156 Å². The zero-order valence-corrected chi connectivity index (χ0v) is 53.4. The lowest BCUT2D eigenvalue weighted by atomic mass is 9.86. The van der Waals surface area contributed by atoms with Gasteiger partial charge in [0.15, 0.2) is 46.2 Å². The molecule has 4 aromatic carbocycles. The summed E-state index contributed by atoms with van der Waals surface area (Å²) in [6.07, 6.45) is 12.5. The van der Waals surface area contributed by atoms with E-state index in [1.165, 1.54) is 43.0 Å². The van der Waals surface area contributed by atoms with Crippen LogP contribution in [0.3, 0.4) is 0 Å². The van der Waals surface area contributed by atoms with E-state index in [9.17, 15) is 35.1 Å². The van der Waals surface area contributed by atoms with Crippen LogP contribution in [-0.4, -0.2) is 19.6 Å². The van der Waals surface area contributed by atoms with Crippen LogP contribution in [0.25, 0.3) is 0 Å². The first-order valence-corrected chi connectivity index (χ1v) is 29.4. The Balaban J connectivity index is -0.000000514. The van der Waals surface area contributed by atoms with Crippen molar-refractivity contribution in [2.45, 2.75) is 167 Å². The van der Waals surface area contributed by atoms with Crippen molar-refractivity contribution in [2.24, 2.45) is 0 Å². The Hall–Kier alpha value is -5.78. The first-order chi connectivity index (χ1) is 37.8. The molecule has 0 radical (unpaired) electrons. The highest BCUT2D eigenvalue weighted by Crippen LogP contribution is 2.43. The van der Waals surface area contributed by atoms with Gasteiger partial charge in [-0.2, -0.15) is 36.7 Å². The molecule has 0 aliphatic rings. The molecule has 0 saturated heterocycles. The fourth-order valence-corrected chi connectivity index (χ4v) is 7.03. The molecule has 0 saturated carbocycles. The van der Waals surface area contributed by atoms with Gasteiger partial charge in [0.25, 0.3) is 0 Å². The van der Waals surface area contributed by atoms with Crippen LogP contribution in [0.5, 0.6) is 23.0 Å². The number of hydrogen-bond acceptors (Lipinski definition) is 6. The maximum Gasteiger partial charge on any atom is 0.206 e. The standard InChI is InChI=1S/C21H21F5O2S.C21H27F3O2S.2C8H10.4C2H6/c1-7-27-19-13(11-29-6)8-14(21(3,4)5)9-16(19)28-20(17(25)12(2)23)18(26)15(24)10-22;1-12(13(2)22)19(18(24)14(3)23)26-17-10-16(21(4,5)6)9-15(11-27-8)20(17)25-7;2*1-2-8-6-4-3-5-7-8;4*1-2/h1,8-10H,11H2,2-6H3;9-10H,2,11H2,1,3-8H3;2*3-7H,2H2,1H3;4*1-2H3/b15-10-,17-12-,20-18-;18-14-,19-12+;;;;;;. The van der Waals surface area contributed by atoms with Crippen molar-refractivity contribution in [2.75, 3.05) is 19.6 Å². The third kappa shape index (κ3) is 29.6. The van der Waals surface area contributed by atoms with E-state index in [-0.39, 0.29) is 28.2 Å². The predicted molar refractivity (Wildman–Crippen MR) is 330 cm³/mol. The molecule has 4 aromatic rings. The van der Waals surface area contributed by atoms with Gasteiger partial charge in [-0.3, -0.25) is 0 Å². The summed E-state index contributed by atoms with van der Waals surface area (Å²) in [5.74, 6) is -11.4. The second-order valence-electron chi connectivity index (χ2n) is 17.8. The molecule has 0 amide bonds. The first kappa shape index (κ1) is 80.7. The van der Waals surface area contributed by atoms with Gasteiger partial charge in [0.1, 0.15) is 29.9 Å². The minimum absolute atomic E-state index is 0.0471. The minimum Gasteiger partial charge on any atom is -0.493 e. The van der Waals surface area contributed by atoms with Crippen molar-refractivity contribution < 1.29 is 54.1 Å². The second kappa shape index (κ2) is 44.9. The van der Waals surface area contributed by atoms with Crippen LogP contribution in [-0.2, 0) is 35.2 Å². The van der Waals surface area contributed by atoms with Gasteiger partial charge in [-0.25, -0.2) is 22.0 Å². The number of ether oxygens (including phenoxy) is 4. The van der Waals surface area contributed by atoms with Crippen LogP contribution in [0.1, 0.15) is 165 Å². The molecular formula is C66H92F8O4S2. The highest BCUT2D eigenvalue weighted by molar-refractivity contribution is 7.98. The lowest BCUT2D eigenvalue weighted by Gasteiger charge is -2.24. The zero-order valence-electron chi connectivity index (χ0n) is 51.7. The Morgan fingerprint density at radius 3 is 1.21 bits per heavy atom.